The fourth-order valence-corrected chi connectivity index (χ4v) is 2.77. The molecule has 0 spiro atoms. The molecule has 0 bridgehead atoms. The molecular weight excluding hydrogens is 318 g/mol. The van der Waals surface area contributed by atoms with Crippen LogP contribution in [0.4, 0.5) is 0 Å². The average Bonchev–Trinajstić information content (AvgIpc) is 2.74. The Labute approximate surface area is 116 Å². The number of amidine groups is 1. The first kappa shape index (κ1) is 13.0. The molecule has 1 aromatic heterocycles. The number of hydrogen-bond donors (Lipinski definition) is 2. The summed E-state index contributed by atoms with van der Waals surface area (Å²) in [6.45, 7) is 1.85. The summed E-state index contributed by atoms with van der Waals surface area (Å²) in [6, 6.07) is 5.44. The van der Waals surface area contributed by atoms with Crippen molar-refractivity contribution in [3.8, 4) is 0 Å². The van der Waals surface area contributed by atoms with Gasteiger partial charge in [-0.25, -0.2) is 4.98 Å². The van der Waals surface area contributed by atoms with Crippen LogP contribution in [0.2, 0.25) is 0 Å². The highest BCUT2D eigenvalue weighted by molar-refractivity contribution is 9.10. The molecule has 0 radical (unpaired) electrons. The topological polar surface area (TPSA) is 84.6 Å². The smallest absolute Gasteiger partial charge is 0.260 e. The third kappa shape index (κ3) is 2.85. The maximum absolute atomic E-state index is 8.76. The molecule has 0 saturated carbocycles. The zero-order valence-electron chi connectivity index (χ0n) is 9.42. The van der Waals surface area contributed by atoms with Crippen molar-refractivity contribution in [2.45, 2.75) is 17.0 Å². The van der Waals surface area contributed by atoms with Crippen LogP contribution in [-0.2, 0) is 0 Å². The number of rotatable bonds is 3. The predicted octanol–water partition coefficient (Wildman–Crippen LogP) is 2.99. The van der Waals surface area contributed by atoms with Gasteiger partial charge >= 0.3 is 0 Å². The van der Waals surface area contributed by atoms with E-state index < -0.39 is 0 Å². The van der Waals surface area contributed by atoms with Gasteiger partial charge in [0.15, 0.2) is 5.84 Å². The highest BCUT2D eigenvalue weighted by atomic mass is 79.9. The molecule has 2 rings (SSSR count). The third-order valence-corrected chi connectivity index (χ3v) is 3.54. The Hall–Kier alpha value is -1.47. The Bertz CT molecular complexity index is 598. The van der Waals surface area contributed by atoms with Crippen molar-refractivity contribution in [2.75, 3.05) is 0 Å². The van der Waals surface area contributed by atoms with Crippen LogP contribution in [0, 0.1) is 6.92 Å². The number of nitrogens with zero attached hydrogens (tertiary/aromatic N) is 2. The van der Waals surface area contributed by atoms with Gasteiger partial charge in [-0.15, -0.1) is 0 Å². The molecule has 2 aromatic rings. The van der Waals surface area contributed by atoms with Gasteiger partial charge in [-0.1, -0.05) is 21.1 Å². The van der Waals surface area contributed by atoms with E-state index >= 15 is 0 Å². The molecule has 94 valence electrons. The van der Waals surface area contributed by atoms with Crippen LogP contribution in [0.25, 0.3) is 0 Å². The lowest BCUT2D eigenvalue weighted by Gasteiger charge is -2.06. The Balaban J connectivity index is 2.39. The average molecular weight is 328 g/mol. The minimum absolute atomic E-state index is 0.0493. The van der Waals surface area contributed by atoms with Crippen molar-refractivity contribution in [2.24, 2.45) is 10.9 Å². The molecular formula is C11H10BrN3O2S. The van der Waals surface area contributed by atoms with Gasteiger partial charge in [-0.2, -0.15) is 0 Å². The van der Waals surface area contributed by atoms with E-state index in [1.165, 1.54) is 11.8 Å². The molecule has 0 atom stereocenters. The molecule has 5 nitrogen and oxygen atoms in total. The summed E-state index contributed by atoms with van der Waals surface area (Å²) in [6.07, 6.45) is 1.57. The van der Waals surface area contributed by atoms with Crippen LogP contribution in [-0.4, -0.2) is 16.0 Å². The minimum Gasteiger partial charge on any atom is -0.439 e. The number of benzene rings is 1. The van der Waals surface area contributed by atoms with Gasteiger partial charge in [0.25, 0.3) is 5.22 Å². The summed E-state index contributed by atoms with van der Waals surface area (Å²) in [4.78, 5) is 4.99. The second-order valence-corrected chi connectivity index (χ2v) is 5.39. The maximum Gasteiger partial charge on any atom is 0.260 e. The number of aromatic nitrogens is 1. The number of aryl methyl sites for hydroxylation is 1. The van der Waals surface area contributed by atoms with Gasteiger partial charge in [0, 0.05) is 14.9 Å². The normalized spacial score (nSPS) is 11.8. The first-order valence-corrected chi connectivity index (χ1v) is 6.58. The monoisotopic (exact) mass is 327 g/mol. The highest BCUT2D eigenvalue weighted by Crippen LogP contribution is 2.32. The van der Waals surface area contributed by atoms with E-state index in [1.807, 2.05) is 19.1 Å². The molecule has 7 heteroatoms. The largest absolute Gasteiger partial charge is 0.439 e. The molecule has 0 saturated heterocycles. The van der Waals surface area contributed by atoms with E-state index in [1.54, 1.807) is 12.3 Å². The second kappa shape index (κ2) is 5.45. The van der Waals surface area contributed by atoms with E-state index in [4.69, 9.17) is 15.4 Å². The molecule has 0 amide bonds. The van der Waals surface area contributed by atoms with Gasteiger partial charge in [-0.3, -0.25) is 0 Å². The lowest BCUT2D eigenvalue weighted by Crippen LogP contribution is -2.14. The first-order chi connectivity index (χ1) is 8.60. The van der Waals surface area contributed by atoms with Crippen molar-refractivity contribution < 1.29 is 9.62 Å². The summed E-state index contributed by atoms with van der Waals surface area (Å²) >= 11 is 4.69. The fraction of sp³-hybridized carbons (Fsp3) is 0.0909. The molecule has 1 aromatic carbocycles. The van der Waals surface area contributed by atoms with E-state index in [0.29, 0.717) is 10.8 Å². The summed E-state index contributed by atoms with van der Waals surface area (Å²) in [5, 5.41) is 12.3. The van der Waals surface area contributed by atoms with Crippen LogP contribution in [0.3, 0.4) is 0 Å². The molecule has 0 aliphatic rings. The Morgan fingerprint density at radius 1 is 1.56 bits per heavy atom. The Morgan fingerprint density at radius 3 is 2.94 bits per heavy atom. The predicted molar refractivity (Wildman–Crippen MR) is 72.0 cm³/mol. The van der Waals surface area contributed by atoms with Crippen LogP contribution in [0.1, 0.15) is 11.3 Å². The van der Waals surface area contributed by atoms with Crippen LogP contribution in [0.15, 0.2) is 48.6 Å². The third-order valence-electron chi connectivity index (χ3n) is 2.12. The van der Waals surface area contributed by atoms with Crippen LogP contribution >= 0.6 is 27.7 Å². The van der Waals surface area contributed by atoms with Gasteiger partial charge < -0.3 is 15.4 Å². The maximum atomic E-state index is 8.76. The number of oxime groups is 1. The molecule has 0 fully saturated rings. The van der Waals surface area contributed by atoms with Crippen molar-refractivity contribution in [1.82, 2.24) is 4.98 Å². The lowest BCUT2D eigenvalue weighted by molar-refractivity contribution is 0.318. The van der Waals surface area contributed by atoms with Crippen LogP contribution < -0.4 is 5.73 Å². The molecule has 3 N–H and O–H groups in total. The molecule has 1 heterocycles. The van der Waals surface area contributed by atoms with Crippen molar-refractivity contribution in [3.63, 3.8) is 0 Å². The van der Waals surface area contributed by atoms with E-state index in [0.717, 1.165) is 15.1 Å². The Kier molecular flexibility index (Phi) is 3.93. The molecule has 0 aliphatic carbocycles. The zero-order chi connectivity index (χ0) is 13.1. The van der Waals surface area contributed by atoms with Gasteiger partial charge in [0.05, 0.1) is 5.69 Å². The van der Waals surface area contributed by atoms with E-state index in [9.17, 15) is 0 Å². The fourth-order valence-electron chi connectivity index (χ4n) is 1.32. The number of hydrogen-bond acceptors (Lipinski definition) is 5. The van der Waals surface area contributed by atoms with Crippen molar-refractivity contribution >= 4 is 33.5 Å². The lowest BCUT2D eigenvalue weighted by atomic mass is 10.2. The molecule has 18 heavy (non-hydrogen) atoms. The van der Waals surface area contributed by atoms with Crippen LogP contribution in [0.5, 0.6) is 0 Å². The quantitative estimate of drug-likeness (QED) is 0.392. The van der Waals surface area contributed by atoms with E-state index in [2.05, 4.69) is 26.1 Å². The minimum atomic E-state index is 0.0493. The summed E-state index contributed by atoms with van der Waals surface area (Å²) < 4.78 is 6.16. The SMILES string of the molecule is Cc1coc(Sc2cc(Br)ccc2/C(N)=N/O)n1. The first-order valence-electron chi connectivity index (χ1n) is 4.97. The molecule has 0 aliphatic heterocycles. The number of halogens is 1. The van der Waals surface area contributed by atoms with E-state index in [-0.39, 0.29) is 5.84 Å². The second-order valence-electron chi connectivity index (χ2n) is 3.48. The highest BCUT2D eigenvalue weighted by Gasteiger charge is 2.12. The number of nitrogens with two attached hydrogens (primary N) is 1. The van der Waals surface area contributed by atoms with Gasteiger partial charge in [0.2, 0.25) is 0 Å². The summed E-state index contributed by atoms with van der Waals surface area (Å²) in [7, 11) is 0. The van der Waals surface area contributed by atoms with Gasteiger partial charge in [0.1, 0.15) is 6.26 Å². The standard InChI is InChI=1S/C11H10BrN3O2S/c1-6-5-17-11(14-6)18-9-4-7(12)2-3-8(9)10(13)15-16/h2-5,16H,1H3,(H2,13,15). The zero-order valence-corrected chi connectivity index (χ0v) is 11.8. The van der Waals surface area contributed by atoms with Crippen molar-refractivity contribution in [1.29, 1.82) is 0 Å². The Morgan fingerprint density at radius 2 is 2.33 bits per heavy atom. The summed E-state index contributed by atoms with van der Waals surface area (Å²) in [5.41, 5.74) is 7.05. The van der Waals surface area contributed by atoms with Crippen molar-refractivity contribution in [3.05, 3.63) is 40.2 Å². The van der Waals surface area contributed by atoms with Gasteiger partial charge in [-0.05, 0) is 36.9 Å². The molecule has 0 unspecified atom stereocenters. The number of oxazole rings is 1. The summed E-state index contributed by atoms with van der Waals surface area (Å²) in [5.74, 6) is 0.0493.